The van der Waals surface area contributed by atoms with E-state index < -0.39 is 6.09 Å². The topological polar surface area (TPSA) is 74.8 Å². The number of nitrogens with zero attached hydrogens (tertiary/aromatic N) is 1. The van der Waals surface area contributed by atoms with Gasteiger partial charge in [-0.25, -0.2) is 9.79 Å². The molecule has 142 valence electrons. The molecule has 26 heavy (non-hydrogen) atoms. The number of hydrogen-bond donors (Lipinski definition) is 3. The number of nitrogens with one attached hydrogen (secondary N) is 3. The third kappa shape index (κ3) is 7.17. The fourth-order valence-electron chi connectivity index (χ4n) is 2.85. The standard InChI is InChI=1S/C20H30N4O2/c1-3-21-19(22-14-13-16-7-5-4-6-8-16)23-15-17-9-11-18(12-10-17)24-20(25)26-2/h7,9-12H,3-6,8,13-15H2,1-2H3,(H,24,25)(H2,21,22,23). The number of carbonyl (C=O) groups excluding carboxylic acids is 1. The number of amides is 1. The molecule has 0 bridgehead atoms. The zero-order valence-corrected chi connectivity index (χ0v) is 15.8. The van der Waals surface area contributed by atoms with Crippen LogP contribution in [0.15, 0.2) is 40.9 Å². The Labute approximate surface area is 156 Å². The van der Waals surface area contributed by atoms with Gasteiger partial charge in [0.05, 0.1) is 13.7 Å². The molecule has 1 aromatic carbocycles. The van der Waals surface area contributed by atoms with Gasteiger partial charge in [-0.3, -0.25) is 5.32 Å². The molecule has 0 heterocycles. The first-order valence-corrected chi connectivity index (χ1v) is 9.35. The molecule has 0 saturated heterocycles. The zero-order chi connectivity index (χ0) is 18.6. The lowest BCUT2D eigenvalue weighted by molar-refractivity contribution is 0.187. The molecule has 0 aromatic heterocycles. The van der Waals surface area contributed by atoms with E-state index in [0.717, 1.165) is 31.0 Å². The van der Waals surface area contributed by atoms with Gasteiger partial charge in [-0.15, -0.1) is 0 Å². The second kappa shape index (κ2) is 11.2. The largest absolute Gasteiger partial charge is 0.453 e. The van der Waals surface area contributed by atoms with E-state index in [4.69, 9.17) is 0 Å². The summed E-state index contributed by atoms with van der Waals surface area (Å²) in [6.07, 6.45) is 8.11. The quantitative estimate of drug-likeness (QED) is 0.394. The average Bonchev–Trinajstić information content (AvgIpc) is 2.68. The van der Waals surface area contributed by atoms with E-state index in [1.54, 1.807) is 5.57 Å². The van der Waals surface area contributed by atoms with Gasteiger partial charge >= 0.3 is 6.09 Å². The third-order valence-electron chi connectivity index (χ3n) is 4.27. The van der Waals surface area contributed by atoms with E-state index in [1.807, 2.05) is 24.3 Å². The number of methoxy groups -OCH3 is 1. The van der Waals surface area contributed by atoms with Gasteiger partial charge in [-0.2, -0.15) is 0 Å². The lowest BCUT2D eigenvalue weighted by Crippen LogP contribution is -2.37. The van der Waals surface area contributed by atoms with Crippen molar-refractivity contribution >= 4 is 17.7 Å². The first-order valence-electron chi connectivity index (χ1n) is 9.35. The van der Waals surface area contributed by atoms with E-state index in [1.165, 1.54) is 32.8 Å². The van der Waals surface area contributed by atoms with Gasteiger partial charge in [-0.1, -0.05) is 23.8 Å². The van der Waals surface area contributed by atoms with Gasteiger partial charge in [0.1, 0.15) is 0 Å². The SMILES string of the molecule is CCNC(=NCc1ccc(NC(=O)OC)cc1)NCCC1=CCCCC1. The van der Waals surface area contributed by atoms with Crippen molar-refractivity contribution < 1.29 is 9.53 Å². The number of guanidine groups is 1. The highest BCUT2D eigenvalue weighted by Crippen LogP contribution is 2.19. The van der Waals surface area contributed by atoms with E-state index in [9.17, 15) is 4.79 Å². The second-order valence-corrected chi connectivity index (χ2v) is 6.29. The Morgan fingerprint density at radius 1 is 1.19 bits per heavy atom. The number of benzene rings is 1. The molecular formula is C20H30N4O2. The lowest BCUT2D eigenvalue weighted by atomic mass is 9.97. The monoisotopic (exact) mass is 358 g/mol. The zero-order valence-electron chi connectivity index (χ0n) is 15.8. The molecule has 1 aliphatic rings. The van der Waals surface area contributed by atoms with Crippen LogP contribution in [0.25, 0.3) is 0 Å². The van der Waals surface area contributed by atoms with Crippen LogP contribution in [0, 0.1) is 0 Å². The molecule has 2 rings (SSSR count). The van der Waals surface area contributed by atoms with Crippen LogP contribution in [0.3, 0.4) is 0 Å². The Morgan fingerprint density at radius 3 is 2.65 bits per heavy atom. The van der Waals surface area contributed by atoms with Crippen molar-refractivity contribution in [2.45, 2.75) is 45.6 Å². The number of allylic oxidation sites excluding steroid dienone is 1. The molecule has 3 N–H and O–H groups in total. The first kappa shape index (κ1) is 19.8. The van der Waals surface area contributed by atoms with E-state index in [0.29, 0.717) is 12.2 Å². The average molecular weight is 358 g/mol. The summed E-state index contributed by atoms with van der Waals surface area (Å²) in [5, 5.41) is 9.33. The minimum atomic E-state index is -0.470. The minimum Gasteiger partial charge on any atom is -0.453 e. The molecule has 0 unspecified atom stereocenters. The van der Waals surface area contributed by atoms with Crippen molar-refractivity contribution in [3.05, 3.63) is 41.5 Å². The van der Waals surface area contributed by atoms with Crippen LogP contribution in [0.1, 0.15) is 44.6 Å². The maximum Gasteiger partial charge on any atom is 0.411 e. The van der Waals surface area contributed by atoms with Crippen molar-refractivity contribution in [2.75, 3.05) is 25.5 Å². The number of anilines is 1. The fourth-order valence-corrected chi connectivity index (χ4v) is 2.85. The summed E-state index contributed by atoms with van der Waals surface area (Å²) in [5.74, 6) is 0.834. The normalized spacial score (nSPS) is 14.4. The number of rotatable bonds is 7. The molecule has 6 nitrogen and oxygen atoms in total. The van der Waals surface area contributed by atoms with Crippen molar-refractivity contribution in [3.8, 4) is 0 Å². The summed E-state index contributed by atoms with van der Waals surface area (Å²) in [6.45, 7) is 4.38. The van der Waals surface area contributed by atoms with Gasteiger partial charge < -0.3 is 15.4 Å². The van der Waals surface area contributed by atoms with E-state index in [2.05, 4.69) is 38.7 Å². The van der Waals surface area contributed by atoms with Crippen molar-refractivity contribution in [1.29, 1.82) is 0 Å². The predicted octanol–water partition coefficient (Wildman–Crippen LogP) is 3.81. The molecule has 1 aromatic rings. The summed E-state index contributed by atoms with van der Waals surface area (Å²) in [7, 11) is 1.35. The van der Waals surface area contributed by atoms with Crippen LogP contribution in [0.4, 0.5) is 10.5 Å². The Balaban J connectivity index is 1.83. The molecular weight excluding hydrogens is 328 g/mol. The van der Waals surface area contributed by atoms with Gasteiger partial charge in [0, 0.05) is 18.8 Å². The number of carbonyl (C=O) groups is 1. The highest BCUT2D eigenvalue weighted by Gasteiger charge is 2.04. The van der Waals surface area contributed by atoms with Crippen LogP contribution < -0.4 is 16.0 Å². The van der Waals surface area contributed by atoms with Crippen molar-refractivity contribution in [3.63, 3.8) is 0 Å². The first-order chi connectivity index (χ1) is 12.7. The number of ether oxygens (including phenoxy) is 1. The van der Waals surface area contributed by atoms with Crippen molar-refractivity contribution in [1.82, 2.24) is 10.6 Å². The van der Waals surface area contributed by atoms with Gasteiger partial charge in [0.2, 0.25) is 0 Å². The van der Waals surface area contributed by atoms with Crippen LogP contribution in [-0.4, -0.2) is 32.3 Å². The molecule has 0 fully saturated rings. The molecule has 0 radical (unpaired) electrons. The summed E-state index contributed by atoms with van der Waals surface area (Å²) >= 11 is 0. The van der Waals surface area contributed by atoms with Crippen LogP contribution in [0.2, 0.25) is 0 Å². The smallest absolute Gasteiger partial charge is 0.411 e. The molecule has 1 amide bonds. The Morgan fingerprint density at radius 2 is 2.00 bits per heavy atom. The summed E-state index contributed by atoms with van der Waals surface area (Å²) in [4.78, 5) is 15.8. The molecule has 1 aliphatic carbocycles. The predicted molar refractivity (Wildman–Crippen MR) is 106 cm³/mol. The Bertz CT molecular complexity index is 623. The van der Waals surface area contributed by atoms with Gasteiger partial charge in [-0.05, 0) is 56.7 Å². The van der Waals surface area contributed by atoms with Gasteiger partial charge in [0.25, 0.3) is 0 Å². The maximum absolute atomic E-state index is 11.2. The van der Waals surface area contributed by atoms with Crippen LogP contribution >= 0.6 is 0 Å². The Hall–Kier alpha value is -2.50. The molecule has 0 saturated carbocycles. The fraction of sp³-hybridized carbons (Fsp3) is 0.500. The summed E-state index contributed by atoms with van der Waals surface area (Å²) in [5.41, 5.74) is 3.34. The van der Waals surface area contributed by atoms with Gasteiger partial charge in [0.15, 0.2) is 5.96 Å². The second-order valence-electron chi connectivity index (χ2n) is 6.29. The lowest BCUT2D eigenvalue weighted by Gasteiger charge is -2.15. The van der Waals surface area contributed by atoms with Crippen LogP contribution in [0.5, 0.6) is 0 Å². The molecule has 0 spiro atoms. The highest BCUT2D eigenvalue weighted by atomic mass is 16.5. The van der Waals surface area contributed by atoms with E-state index in [-0.39, 0.29) is 0 Å². The maximum atomic E-state index is 11.2. The molecule has 0 aliphatic heterocycles. The van der Waals surface area contributed by atoms with Crippen LogP contribution in [-0.2, 0) is 11.3 Å². The number of aliphatic imine (C=N–C) groups is 1. The number of hydrogen-bond acceptors (Lipinski definition) is 3. The third-order valence-corrected chi connectivity index (χ3v) is 4.27. The Kier molecular flexibility index (Phi) is 8.52. The minimum absolute atomic E-state index is 0.470. The van der Waals surface area contributed by atoms with Crippen molar-refractivity contribution in [2.24, 2.45) is 4.99 Å². The summed E-state index contributed by atoms with van der Waals surface area (Å²) < 4.78 is 4.58. The van der Waals surface area contributed by atoms with E-state index >= 15 is 0 Å². The highest BCUT2D eigenvalue weighted by molar-refractivity contribution is 5.84. The molecule has 6 heteroatoms. The molecule has 0 atom stereocenters. The summed E-state index contributed by atoms with van der Waals surface area (Å²) in [6, 6.07) is 7.59.